The highest BCUT2D eigenvalue weighted by Crippen LogP contribution is 2.26. The molecule has 0 saturated carbocycles. The Kier molecular flexibility index (Phi) is 6.08. The van der Waals surface area contributed by atoms with Gasteiger partial charge in [0.15, 0.2) is 0 Å². The van der Waals surface area contributed by atoms with Crippen molar-refractivity contribution in [2.45, 2.75) is 62.9 Å². The maximum Gasteiger partial charge on any atom is 0.246 e. The highest BCUT2D eigenvalue weighted by atomic mass is 35.5. The number of sulfonamides is 1. The lowest BCUT2D eigenvalue weighted by atomic mass is 10.1. The van der Waals surface area contributed by atoms with E-state index in [9.17, 15) is 8.42 Å². The molecular formula is C14H24ClN3O2S. The van der Waals surface area contributed by atoms with Crippen LogP contribution >= 0.6 is 11.6 Å². The van der Waals surface area contributed by atoms with Crippen LogP contribution in [0.2, 0.25) is 0 Å². The van der Waals surface area contributed by atoms with E-state index in [0.717, 1.165) is 38.5 Å². The second-order valence-corrected chi connectivity index (χ2v) is 7.78. The van der Waals surface area contributed by atoms with Crippen LogP contribution in [0.15, 0.2) is 17.3 Å². The van der Waals surface area contributed by atoms with Crippen molar-refractivity contribution < 1.29 is 8.42 Å². The predicted molar refractivity (Wildman–Crippen MR) is 84.0 cm³/mol. The molecule has 2 heterocycles. The second-order valence-electron chi connectivity index (χ2n) is 5.51. The molecule has 1 saturated heterocycles. The van der Waals surface area contributed by atoms with Gasteiger partial charge in [-0.15, -0.1) is 11.6 Å². The molecule has 120 valence electrons. The monoisotopic (exact) mass is 333 g/mol. The fourth-order valence-electron chi connectivity index (χ4n) is 2.83. The van der Waals surface area contributed by atoms with Crippen molar-refractivity contribution in [3.63, 3.8) is 0 Å². The fraction of sp³-hybridized carbons (Fsp3) is 0.786. The van der Waals surface area contributed by atoms with Crippen molar-refractivity contribution in [1.29, 1.82) is 0 Å². The van der Waals surface area contributed by atoms with Gasteiger partial charge in [-0.3, -0.25) is 4.68 Å². The van der Waals surface area contributed by atoms with E-state index >= 15 is 0 Å². The molecule has 1 aromatic rings. The molecule has 1 aliphatic rings. The summed E-state index contributed by atoms with van der Waals surface area (Å²) in [5, 5.41) is 4.14. The summed E-state index contributed by atoms with van der Waals surface area (Å²) in [5.41, 5.74) is 0. The first-order valence-electron chi connectivity index (χ1n) is 7.70. The number of aromatic nitrogens is 2. The van der Waals surface area contributed by atoms with Crippen molar-refractivity contribution in [2.24, 2.45) is 0 Å². The summed E-state index contributed by atoms with van der Waals surface area (Å²) < 4.78 is 29.0. The van der Waals surface area contributed by atoms with E-state index in [2.05, 4.69) is 12.0 Å². The SMILES string of the molecule is CCC1CCCCCN1S(=O)(=O)c1cnn(CCCCl)c1. The molecule has 0 amide bonds. The molecule has 0 radical (unpaired) electrons. The summed E-state index contributed by atoms with van der Waals surface area (Å²) in [4.78, 5) is 0.303. The van der Waals surface area contributed by atoms with Gasteiger partial charge in [-0.1, -0.05) is 19.8 Å². The van der Waals surface area contributed by atoms with Gasteiger partial charge < -0.3 is 0 Å². The second kappa shape index (κ2) is 7.61. The summed E-state index contributed by atoms with van der Waals surface area (Å²) in [6.45, 7) is 3.33. The third-order valence-corrected chi connectivity index (χ3v) is 6.20. The minimum atomic E-state index is -3.43. The van der Waals surface area contributed by atoms with Crippen LogP contribution in [-0.2, 0) is 16.6 Å². The standard InChI is InChI=1S/C14H24ClN3O2S/c1-2-13-7-4-3-5-10-18(13)21(19,20)14-11-16-17(12-14)9-6-8-15/h11-13H,2-10H2,1H3. The molecule has 2 rings (SSSR count). The van der Waals surface area contributed by atoms with E-state index in [4.69, 9.17) is 11.6 Å². The lowest BCUT2D eigenvalue weighted by Crippen LogP contribution is -2.39. The van der Waals surface area contributed by atoms with E-state index < -0.39 is 10.0 Å². The number of halogens is 1. The van der Waals surface area contributed by atoms with Gasteiger partial charge in [0.05, 0.1) is 6.20 Å². The quantitative estimate of drug-likeness (QED) is 0.752. The van der Waals surface area contributed by atoms with Gasteiger partial charge in [-0.25, -0.2) is 8.42 Å². The molecule has 1 fully saturated rings. The Labute approximate surface area is 132 Å². The molecule has 7 heteroatoms. The molecule has 1 unspecified atom stereocenters. The minimum absolute atomic E-state index is 0.115. The van der Waals surface area contributed by atoms with Gasteiger partial charge in [-0.05, 0) is 25.7 Å². The zero-order valence-electron chi connectivity index (χ0n) is 12.5. The smallest absolute Gasteiger partial charge is 0.246 e. The average Bonchev–Trinajstić information content (AvgIpc) is 2.82. The first-order valence-corrected chi connectivity index (χ1v) is 9.67. The number of nitrogens with zero attached hydrogens (tertiary/aromatic N) is 3. The van der Waals surface area contributed by atoms with Crippen LogP contribution in [0.1, 0.15) is 45.4 Å². The van der Waals surface area contributed by atoms with Gasteiger partial charge >= 0.3 is 0 Å². The Morgan fingerprint density at radius 1 is 1.38 bits per heavy atom. The molecule has 0 spiro atoms. The maximum atomic E-state index is 12.8. The van der Waals surface area contributed by atoms with Gasteiger partial charge in [0.25, 0.3) is 0 Å². The summed E-state index contributed by atoms with van der Waals surface area (Å²) in [6.07, 6.45) is 8.84. The van der Waals surface area contributed by atoms with Crippen LogP contribution in [0.4, 0.5) is 0 Å². The van der Waals surface area contributed by atoms with Crippen LogP contribution in [0.3, 0.4) is 0 Å². The first kappa shape index (κ1) is 16.8. The fourth-order valence-corrected chi connectivity index (χ4v) is 4.67. The minimum Gasteiger partial charge on any atom is -0.271 e. The average molecular weight is 334 g/mol. The zero-order chi connectivity index (χ0) is 15.3. The van der Waals surface area contributed by atoms with Crippen molar-refractivity contribution >= 4 is 21.6 Å². The summed E-state index contributed by atoms with van der Waals surface area (Å²) >= 11 is 5.66. The highest BCUT2D eigenvalue weighted by Gasteiger charge is 2.32. The van der Waals surface area contributed by atoms with E-state index in [0.29, 0.717) is 23.9 Å². The van der Waals surface area contributed by atoms with E-state index in [1.165, 1.54) is 6.20 Å². The van der Waals surface area contributed by atoms with Crippen LogP contribution in [-0.4, -0.2) is 41.0 Å². The third kappa shape index (κ3) is 3.99. The largest absolute Gasteiger partial charge is 0.271 e. The molecule has 1 aliphatic heterocycles. The van der Waals surface area contributed by atoms with Gasteiger partial charge in [0.1, 0.15) is 4.90 Å². The number of alkyl halides is 1. The van der Waals surface area contributed by atoms with Crippen LogP contribution in [0.25, 0.3) is 0 Å². The van der Waals surface area contributed by atoms with Gasteiger partial charge in [-0.2, -0.15) is 9.40 Å². The van der Waals surface area contributed by atoms with E-state index in [-0.39, 0.29) is 6.04 Å². The van der Waals surface area contributed by atoms with E-state index in [1.807, 2.05) is 0 Å². The molecule has 0 aliphatic carbocycles. The summed E-state index contributed by atoms with van der Waals surface area (Å²) in [5.74, 6) is 0.548. The number of hydrogen-bond donors (Lipinski definition) is 0. The molecule has 0 aromatic carbocycles. The topological polar surface area (TPSA) is 55.2 Å². The molecule has 0 N–H and O–H groups in total. The zero-order valence-corrected chi connectivity index (χ0v) is 14.1. The molecule has 1 aromatic heterocycles. The molecular weight excluding hydrogens is 310 g/mol. The Morgan fingerprint density at radius 2 is 2.19 bits per heavy atom. The summed E-state index contributed by atoms with van der Waals surface area (Å²) in [7, 11) is -3.43. The van der Waals surface area contributed by atoms with Crippen LogP contribution < -0.4 is 0 Å². The van der Waals surface area contributed by atoms with Gasteiger partial charge in [0, 0.05) is 31.2 Å². The number of hydrogen-bond acceptors (Lipinski definition) is 3. The lowest BCUT2D eigenvalue weighted by molar-refractivity contribution is 0.315. The first-order chi connectivity index (χ1) is 10.1. The Morgan fingerprint density at radius 3 is 2.90 bits per heavy atom. The molecule has 0 bridgehead atoms. The van der Waals surface area contributed by atoms with Crippen molar-refractivity contribution in [1.82, 2.24) is 14.1 Å². The highest BCUT2D eigenvalue weighted by molar-refractivity contribution is 7.89. The Balaban J connectivity index is 2.20. The Hall–Kier alpha value is -0.590. The van der Waals surface area contributed by atoms with Gasteiger partial charge in [0.2, 0.25) is 10.0 Å². The van der Waals surface area contributed by atoms with Crippen LogP contribution in [0.5, 0.6) is 0 Å². The third-order valence-electron chi connectivity index (χ3n) is 4.03. The molecule has 21 heavy (non-hydrogen) atoms. The van der Waals surface area contributed by atoms with Crippen molar-refractivity contribution in [3.8, 4) is 0 Å². The van der Waals surface area contributed by atoms with Crippen molar-refractivity contribution in [3.05, 3.63) is 12.4 Å². The maximum absolute atomic E-state index is 12.8. The van der Waals surface area contributed by atoms with Crippen LogP contribution in [0, 0.1) is 0 Å². The van der Waals surface area contributed by atoms with Crippen molar-refractivity contribution in [2.75, 3.05) is 12.4 Å². The molecule has 1 atom stereocenters. The number of rotatable bonds is 6. The Bertz CT molecular complexity index is 544. The number of aryl methyl sites for hydroxylation is 1. The molecule has 5 nitrogen and oxygen atoms in total. The van der Waals surface area contributed by atoms with E-state index in [1.54, 1.807) is 15.2 Å². The predicted octanol–water partition coefficient (Wildman–Crippen LogP) is 2.86. The summed E-state index contributed by atoms with van der Waals surface area (Å²) in [6, 6.07) is 0.115. The lowest BCUT2D eigenvalue weighted by Gasteiger charge is -2.27. The normalized spacial score (nSPS) is 21.3.